The van der Waals surface area contributed by atoms with Crippen molar-refractivity contribution in [2.75, 3.05) is 27.3 Å². The number of H-pyrrole nitrogens is 2. The first-order valence-electron chi connectivity index (χ1n) is 20.9. The number of aromatic nitrogens is 4. The molecular weight excluding hydrogens is 761 g/mol. The van der Waals surface area contributed by atoms with E-state index in [1.165, 1.54) is 14.2 Å². The fourth-order valence-corrected chi connectivity index (χ4v) is 8.81. The first-order chi connectivity index (χ1) is 28.8. The van der Waals surface area contributed by atoms with E-state index in [2.05, 4.69) is 32.4 Å². The van der Waals surface area contributed by atoms with Crippen molar-refractivity contribution in [3.8, 4) is 34.4 Å². The molecule has 0 bridgehead atoms. The number of imidazole rings is 2. The van der Waals surface area contributed by atoms with Crippen LogP contribution in [0.3, 0.4) is 0 Å². The minimum atomic E-state index is -0.689. The first-order valence-corrected chi connectivity index (χ1v) is 20.9. The molecule has 4 aromatic rings. The minimum absolute atomic E-state index is 0.106. The van der Waals surface area contributed by atoms with Gasteiger partial charge in [0.1, 0.15) is 23.7 Å². The van der Waals surface area contributed by atoms with E-state index in [0.717, 1.165) is 83.8 Å². The molecule has 60 heavy (non-hydrogen) atoms. The maximum atomic E-state index is 13.8. The molecule has 14 nitrogen and oxygen atoms in total. The molecule has 2 aromatic carbocycles. The van der Waals surface area contributed by atoms with Crippen LogP contribution in [-0.2, 0) is 19.1 Å². The molecule has 2 saturated heterocycles. The number of aromatic amines is 2. The third-order valence-electron chi connectivity index (χ3n) is 12.8. The summed E-state index contributed by atoms with van der Waals surface area (Å²) in [4.78, 5) is 72.0. The van der Waals surface area contributed by atoms with Crippen LogP contribution in [0.1, 0.15) is 101 Å². The number of amides is 4. The molecule has 8 rings (SSSR count). The highest BCUT2D eigenvalue weighted by atomic mass is 16.5. The SMILES string of the molecule is COC(=O)NC(C(=O)N1CC2(CC2)CC1c1ncc(-c2ccc(C#Cc3ccc(-c4cnc(C5CC6(CC6)CN5C(=O)C(NC(=O)OC)C(C)C)[nH]4)cc3)cc2)[nH]1)C(C)C. The van der Waals surface area contributed by atoms with Crippen LogP contribution in [0.4, 0.5) is 9.59 Å². The molecule has 2 saturated carbocycles. The molecule has 314 valence electrons. The summed E-state index contributed by atoms with van der Waals surface area (Å²) in [6.07, 6.45) is 8.40. The largest absolute Gasteiger partial charge is 0.453 e. The summed E-state index contributed by atoms with van der Waals surface area (Å²) in [5.41, 5.74) is 5.61. The van der Waals surface area contributed by atoms with Crippen LogP contribution in [0.25, 0.3) is 22.5 Å². The Balaban J connectivity index is 0.915. The molecule has 4 unspecified atom stereocenters. The molecule has 4 fully saturated rings. The predicted octanol–water partition coefficient (Wildman–Crippen LogP) is 6.74. The van der Waals surface area contributed by atoms with Crippen molar-refractivity contribution in [2.45, 2.75) is 90.4 Å². The number of alkyl carbamates (subject to hydrolysis) is 2. The van der Waals surface area contributed by atoms with Crippen LogP contribution in [0.15, 0.2) is 60.9 Å². The van der Waals surface area contributed by atoms with E-state index in [4.69, 9.17) is 19.4 Å². The second-order valence-electron chi connectivity index (χ2n) is 17.9. The zero-order valence-corrected chi connectivity index (χ0v) is 35.1. The van der Waals surface area contributed by atoms with Gasteiger partial charge < -0.3 is 39.9 Å². The molecule has 4 atom stereocenters. The Morgan fingerprint density at radius 2 is 1.02 bits per heavy atom. The molecule has 4 aliphatic rings. The number of hydrogen-bond donors (Lipinski definition) is 4. The molecule has 2 aliphatic heterocycles. The zero-order chi connectivity index (χ0) is 42.3. The molecule has 4 heterocycles. The normalized spacial score (nSPS) is 20.5. The van der Waals surface area contributed by atoms with E-state index in [0.29, 0.717) is 13.1 Å². The molecule has 2 aromatic heterocycles. The predicted molar refractivity (Wildman–Crippen MR) is 224 cm³/mol. The van der Waals surface area contributed by atoms with Gasteiger partial charge in [-0.3, -0.25) is 9.59 Å². The number of carbonyl (C=O) groups excluding carboxylic acids is 4. The Morgan fingerprint density at radius 1 is 0.650 bits per heavy atom. The molecule has 4 amide bonds. The molecule has 4 N–H and O–H groups in total. The third kappa shape index (κ3) is 8.35. The number of hydrogen-bond acceptors (Lipinski definition) is 8. The van der Waals surface area contributed by atoms with Gasteiger partial charge in [0.2, 0.25) is 11.8 Å². The summed E-state index contributed by atoms with van der Waals surface area (Å²) in [5, 5.41) is 5.47. The quantitative estimate of drug-likeness (QED) is 0.128. The number of likely N-dealkylation sites (tertiary alicyclic amines) is 2. The lowest BCUT2D eigenvalue weighted by molar-refractivity contribution is -0.136. The fourth-order valence-electron chi connectivity index (χ4n) is 8.81. The average Bonchev–Trinajstić information content (AvgIpc) is 3.82. The van der Waals surface area contributed by atoms with Gasteiger partial charge in [-0.15, -0.1) is 0 Å². The number of nitrogens with one attached hydrogen (secondary N) is 4. The van der Waals surface area contributed by atoms with Gasteiger partial charge in [0.05, 0.1) is 50.1 Å². The van der Waals surface area contributed by atoms with Gasteiger partial charge in [-0.05, 0) is 96.6 Å². The minimum Gasteiger partial charge on any atom is -0.453 e. The maximum Gasteiger partial charge on any atom is 0.407 e. The summed E-state index contributed by atoms with van der Waals surface area (Å²) in [6, 6.07) is 14.2. The van der Waals surface area contributed by atoms with Crippen molar-refractivity contribution in [1.82, 2.24) is 40.4 Å². The van der Waals surface area contributed by atoms with Crippen molar-refractivity contribution >= 4 is 24.0 Å². The van der Waals surface area contributed by atoms with Crippen molar-refractivity contribution in [2.24, 2.45) is 22.7 Å². The monoisotopic (exact) mass is 814 g/mol. The van der Waals surface area contributed by atoms with Gasteiger partial charge in [0.15, 0.2) is 0 Å². The van der Waals surface area contributed by atoms with Crippen LogP contribution < -0.4 is 10.6 Å². The third-order valence-corrected chi connectivity index (χ3v) is 12.8. The molecule has 14 heteroatoms. The van der Waals surface area contributed by atoms with E-state index in [-0.39, 0.29) is 46.6 Å². The van der Waals surface area contributed by atoms with Crippen molar-refractivity contribution < 1.29 is 28.7 Å². The van der Waals surface area contributed by atoms with E-state index < -0.39 is 24.3 Å². The second kappa shape index (κ2) is 16.2. The van der Waals surface area contributed by atoms with Gasteiger partial charge in [0.25, 0.3) is 0 Å². The van der Waals surface area contributed by atoms with Crippen molar-refractivity contribution in [3.63, 3.8) is 0 Å². The number of ether oxygens (including phenoxy) is 2. The Bertz CT molecular complexity index is 2150. The van der Waals surface area contributed by atoms with Crippen LogP contribution in [-0.4, -0.2) is 93.1 Å². The summed E-state index contributed by atoms with van der Waals surface area (Å²) in [7, 11) is 2.60. The molecule has 2 aliphatic carbocycles. The van der Waals surface area contributed by atoms with E-state index in [1.807, 2.05) is 98.4 Å². The topological polar surface area (TPSA) is 175 Å². The average molecular weight is 815 g/mol. The number of carbonyl (C=O) groups is 4. The van der Waals surface area contributed by atoms with E-state index >= 15 is 0 Å². The zero-order valence-electron chi connectivity index (χ0n) is 35.1. The number of benzene rings is 2. The highest BCUT2D eigenvalue weighted by Crippen LogP contribution is 2.59. The summed E-state index contributed by atoms with van der Waals surface area (Å²) < 4.78 is 9.61. The van der Waals surface area contributed by atoms with Crippen LogP contribution in [0.5, 0.6) is 0 Å². The maximum absolute atomic E-state index is 13.8. The molecular formula is C46H54N8O6. The Kier molecular flexibility index (Phi) is 11.0. The molecule has 2 spiro atoms. The van der Waals surface area contributed by atoms with E-state index in [1.54, 1.807) is 0 Å². The second-order valence-corrected chi connectivity index (χ2v) is 17.9. The summed E-state index contributed by atoms with van der Waals surface area (Å²) in [6.45, 7) is 8.98. The summed E-state index contributed by atoms with van der Waals surface area (Å²) >= 11 is 0. The lowest BCUT2D eigenvalue weighted by atomic mass is 10.0. The lowest BCUT2D eigenvalue weighted by Crippen LogP contribution is -2.51. The summed E-state index contributed by atoms with van der Waals surface area (Å²) in [5.74, 6) is 7.59. The number of nitrogens with zero attached hydrogens (tertiary/aromatic N) is 4. The van der Waals surface area contributed by atoms with Crippen LogP contribution in [0, 0.1) is 34.5 Å². The van der Waals surface area contributed by atoms with Crippen molar-refractivity contribution in [1.29, 1.82) is 0 Å². The standard InChI is InChI=1S/C46H54N8O6/c1-27(2)37(51-43(57)59-5)41(55)53-25-45(17-18-45)21-35(53)39-47-23-33(49-39)31-13-9-29(10-14-31)7-8-30-11-15-32(16-12-30)34-24-48-40(50-34)36-22-46(19-20-46)26-54(36)42(56)38(28(3)4)52-44(58)60-6/h9-16,23-24,27-28,35-38H,17-22,25-26H2,1-6H3,(H,47,49)(H,48,50)(H,51,57)(H,52,58). The highest BCUT2D eigenvalue weighted by Gasteiger charge is 2.56. The fraction of sp³-hybridized carbons (Fsp3) is 0.478. The van der Waals surface area contributed by atoms with Gasteiger partial charge in [0, 0.05) is 24.2 Å². The van der Waals surface area contributed by atoms with Gasteiger partial charge in [-0.2, -0.15) is 0 Å². The van der Waals surface area contributed by atoms with Gasteiger partial charge >= 0.3 is 12.2 Å². The Morgan fingerprint density at radius 3 is 1.33 bits per heavy atom. The first kappa shape index (κ1) is 40.7. The van der Waals surface area contributed by atoms with Gasteiger partial charge in [-0.25, -0.2) is 19.6 Å². The van der Waals surface area contributed by atoms with Crippen molar-refractivity contribution in [3.05, 3.63) is 83.7 Å². The van der Waals surface area contributed by atoms with Crippen LogP contribution >= 0.6 is 0 Å². The number of methoxy groups -OCH3 is 2. The number of rotatable bonds is 10. The van der Waals surface area contributed by atoms with Crippen LogP contribution in [0.2, 0.25) is 0 Å². The Labute approximate surface area is 350 Å². The smallest absolute Gasteiger partial charge is 0.407 e. The lowest BCUT2D eigenvalue weighted by Gasteiger charge is -2.30. The van der Waals surface area contributed by atoms with Gasteiger partial charge in [-0.1, -0.05) is 63.8 Å². The Hall–Kier alpha value is -6.10. The van der Waals surface area contributed by atoms with E-state index in [9.17, 15) is 19.2 Å². The molecule has 0 radical (unpaired) electrons. The highest BCUT2D eigenvalue weighted by molar-refractivity contribution is 5.87.